The molecule has 25 heavy (non-hydrogen) atoms. The number of H-pyrrole nitrogens is 1. The molecule has 2 aromatic rings. The molecule has 4 rings (SSSR count). The molecule has 1 aliphatic carbocycles. The Labute approximate surface area is 145 Å². The van der Waals surface area contributed by atoms with Crippen LogP contribution in [0.25, 0.3) is 0 Å². The number of hydrogen-bond acceptors (Lipinski definition) is 7. The van der Waals surface area contributed by atoms with E-state index in [1.807, 2.05) is 6.07 Å². The minimum atomic E-state index is -0.0777. The SMILES string of the molecule is COCc1nc(C2CC(N)C2)cc(N2CCc3nc[nH]c(=O)c3C2)n1. The number of nitrogens with two attached hydrogens (primary N) is 1. The van der Waals surface area contributed by atoms with E-state index in [9.17, 15) is 4.79 Å². The summed E-state index contributed by atoms with van der Waals surface area (Å²) in [5, 5.41) is 0. The molecule has 0 bridgehead atoms. The molecule has 1 fully saturated rings. The van der Waals surface area contributed by atoms with Crippen molar-refractivity contribution in [2.75, 3.05) is 18.6 Å². The predicted octanol–water partition coefficient (Wildman–Crippen LogP) is 0.474. The van der Waals surface area contributed by atoms with Crippen molar-refractivity contribution in [3.05, 3.63) is 45.5 Å². The lowest BCUT2D eigenvalue weighted by Crippen LogP contribution is -2.37. The largest absolute Gasteiger partial charge is 0.377 e. The highest BCUT2D eigenvalue weighted by Gasteiger charge is 2.30. The van der Waals surface area contributed by atoms with E-state index in [1.54, 1.807) is 7.11 Å². The normalized spacial score (nSPS) is 22.4. The van der Waals surface area contributed by atoms with E-state index in [0.29, 0.717) is 30.5 Å². The first-order valence-electron chi connectivity index (χ1n) is 8.57. The molecule has 0 unspecified atom stereocenters. The molecule has 1 aliphatic heterocycles. The minimum absolute atomic E-state index is 0.0777. The molecule has 0 aromatic carbocycles. The van der Waals surface area contributed by atoms with Crippen LogP contribution in [0.5, 0.6) is 0 Å². The number of rotatable bonds is 4. The van der Waals surface area contributed by atoms with Gasteiger partial charge in [0.2, 0.25) is 0 Å². The fraction of sp³-hybridized carbons (Fsp3) is 0.529. The van der Waals surface area contributed by atoms with Gasteiger partial charge in [0.25, 0.3) is 5.56 Å². The van der Waals surface area contributed by atoms with E-state index >= 15 is 0 Å². The van der Waals surface area contributed by atoms with Crippen LogP contribution in [-0.2, 0) is 24.3 Å². The van der Waals surface area contributed by atoms with Crippen molar-refractivity contribution >= 4 is 5.82 Å². The Balaban J connectivity index is 1.65. The van der Waals surface area contributed by atoms with Crippen LogP contribution in [0.3, 0.4) is 0 Å². The van der Waals surface area contributed by atoms with Gasteiger partial charge in [0, 0.05) is 43.8 Å². The number of aromatic amines is 1. The molecule has 132 valence electrons. The number of nitrogens with one attached hydrogen (secondary N) is 1. The number of ether oxygens (including phenoxy) is 1. The summed E-state index contributed by atoms with van der Waals surface area (Å²) >= 11 is 0. The van der Waals surface area contributed by atoms with Crippen molar-refractivity contribution in [2.24, 2.45) is 5.73 Å². The standard InChI is InChI=1S/C17H22N6O2/c1-25-8-15-21-14(10-4-11(18)5-10)6-16(22-15)23-3-2-13-12(7-23)17(24)20-9-19-13/h6,9-11H,2-5,7-8,18H2,1H3,(H,19,20,24). The number of fused-ring (bicyclic) bond motifs is 1. The number of anilines is 1. The molecular weight excluding hydrogens is 320 g/mol. The molecule has 1 saturated carbocycles. The molecule has 3 N–H and O–H groups in total. The van der Waals surface area contributed by atoms with Gasteiger partial charge in [-0.15, -0.1) is 0 Å². The lowest BCUT2D eigenvalue weighted by molar-refractivity contribution is 0.177. The number of methoxy groups -OCH3 is 1. The predicted molar refractivity (Wildman–Crippen MR) is 92.3 cm³/mol. The monoisotopic (exact) mass is 342 g/mol. The highest BCUT2D eigenvalue weighted by atomic mass is 16.5. The number of nitrogens with zero attached hydrogens (tertiary/aromatic N) is 4. The second kappa shape index (κ2) is 6.53. The molecule has 8 nitrogen and oxygen atoms in total. The van der Waals surface area contributed by atoms with E-state index in [4.69, 9.17) is 10.5 Å². The fourth-order valence-electron chi connectivity index (χ4n) is 3.52. The van der Waals surface area contributed by atoms with Crippen molar-refractivity contribution in [3.63, 3.8) is 0 Å². The zero-order valence-electron chi connectivity index (χ0n) is 14.2. The Morgan fingerprint density at radius 2 is 2.24 bits per heavy atom. The first kappa shape index (κ1) is 16.2. The zero-order valence-corrected chi connectivity index (χ0v) is 14.2. The molecule has 0 atom stereocenters. The van der Waals surface area contributed by atoms with Crippen LogP contribution in [0.4, 0.5) is 5.82 Å². The third kappa shape index (κ3) is 3.14. The molecule has 3 heterocycles. The summed E-state index contributed by atoms with van der Waals surface area (Å²) in [6.07, 6.45) is 4.10. The lowest BCUT2D eigenvalue weighted by Gasteiger charge is -2.33. The summed E-state index contributed by atoms with van der Waals surface area (Å²) in [5.41, 5.74) is 8.46. The Bertz CT molecular complexity index is 830. The molecule has 0 radical (unpaired) electrons. The molecule has 0 amide bonds. The topological polar surface area (TPSA) is 110 Å². The molecule has 0 spiro atoms. The van der Waals surface area contributed by atoms with Crippen LogP contribution in [0.2, 0.25) is 0 Å². The quantitative estimate of drug-likeness (QED) is 0.831. The van der Waals surface area contributed by atoms with Gasteiger partial charge in [0.15, 0.2) is 5.82 Å². The van der Waals surface area contributed by atoms with Crippen LogP contribution in [-0.4, -0.2) is 39.6 Å². The highest BCUT2D eigenvalue weighted by molar-refractivity contribution is 5.44. The highest BCUT2D eigenvalue weighted by Crippen LogP contribution is 2.36. The molecule has 2 aromatic heterocycles. The summed E-state index contributed by atoms with van der Waals surface area (Å²) in [7, 11) is 1.64. The second-order valence-corrected chi connectivity index (χ2v) is 6.76. The first-order chi connectivity index (χ1) is 12.1. The van der Waals surface area contributed by atoms with E-state index in [2.05, 4.69) is 24.8 Å². The van der Waals surface area contributed by atoms with Gasteiger partial charge in [-0.3, -0.25) is 4.79 Å². The van der Waals surface area contributed by atoms with Crippen LogP contribution in [0.1, 0.15) is 41.5 Å². The van der Waals surface area contributed by atoms with Gasteiger partial charge >= 0.3 is 0 Å². The molecular formula is C17H22N6O2. The summed E-state index contributed by atoms with van der Waals surface area (Å²) in [6, 6.07) is 2.30. The van der Waals surface area contributed by atoms with Crippen LogP contribution < -0.4 is 16.2 Å². The summed E-state index contributed by atoms with van der Waals surface area (Å²) in [5.74, 6) is 1.89. The summed E-state index contributed by atoms with van der Waals surface area (Å²) < 4.78 is 5.22. The average Bonchev–Trinajstić information content (AvgIpc) is 2.59. The summed E-state index contributed by atoms with van der Waals surface area (Å²) in [4.78, 5) is 30.4. The first-order valence-corrected chi connectivity index (χ1v) is 8.57. The maximum atomic E-state index is 12.1. The fourth-order valence-corrected chi connectivity index (χ4v) is 3.52. The van der Waals surface area contributed by atoms with Crippen molar-refractivity contribution in [3.8, 4) is 0 Å². The van der Waals surface area contributed by atoms with Crippen molar-refractivity contribution in [2.45, 2.75) is 44.4 Å². The summed E-state index contributed by atoms with van der Waals surface area (Å²) in [6.45, 7) is 1.65. The van der Waals surface area contributed by atoms with Crippen molar-refractivity contribution in [1.29, 1.82) is 0 Å². The Morgan fingerprint density at radius 1 is 1.40 bits per heavy atom. The molecule has 2 aliphatic rings. The van der Waals surface area contributed by atoms with Crippen molar-refractivity contribution < 1.29 is 4.74 Å². The van der Waals surface area contributed by atoms with E-state index in [-0.39, 0.29) is 11.6 Å². The van der Waals surface area contributed by atoms with Crippen LogP contribution >= 0.6 is 0 Å². The minimum Gasteiger partial charge on any atom is -0.377 e. The lowest BCUT2D eigenvalue weighted by atomic mass is 9.78. The van der Waals surface area contributed by atoms with Gasteiger partial charge in [-0.1, -0.05) is 0 Å². The Hall–Kier alpha value is -2.32. The molecule has 8 heteroatoms. The number of aromatic nitrogens is 4. The van der Waals surface area contributed by atoms with Gasteiger partial charge in [0.05, 0.1) is 24.1 Å². The maximum absolute atomic E-state index is 12.1. The zero-order chi connectivity index (χ0) is 17.4. The maximum Gasteiger partial charge on any atom is 0.255 e. The third-order valence-corrected chi connectivity index (χ3v) is 4.97. The van der Waals surface area contributed by atoms with E-state index in [1.165, 1.54) is 6.33 Å². The van der Waals surface area contributed by atoms with Gasteiger partial charge < -0.3 is 20.4 Å². The average molecular weight is 342 g/mol. The third-order valence-electron chi connectivity index (χ3n) is 4.97. The van der Waals surface area contributed by atoms with Crippen molar-refractivity contribution in [1.82, 2.24) is 19.9 Å². The van der Waals surface area contributed by atoms with Gasteiger partial charge in [-0.05, 0) is 12.8 Å². The Morgan fingerprint density at radius 3 is 3.00 bits per heavy atom. The van der Waals surface area contributed by atoms with Crippen LogP contribution in [0, 0.1) is 0 Å². The van der Waals surface area contributed by atoms with Crippen LogP contribution in [0.15, 0.2) is 17.2 Å². The van der Waals surface area contributed by atoms with E-state index < -0.39 is 0 Å². The Kier molecular flexibility index (Phi) is 4.22. The smallest absolute Gasteiger partial charge is 0.255 e. The van der Waals surface area contributed by atoms with Gasteiger partial charge in [-0.2, -0.15) is 0 Å². The van der Waals surface area contributed by atoms with E-state index in [0.717, 1.165) is 43.0 Å². The van der Waals surface area contributed by atoms with Gasteiger partial charge in [0.1, 0.15) is 12.4 Å². The second-order valence-electron chi connectivity index (χ2n) is 6.76. The van der Waals surface area contributed by atoms with Gasteiger partial charge in [-0.25, -0.2) is 15.0 Å². The number of hydrogen-bond donors (Lipinski definition) is 2. The molecule has 0 saturated heterocycles.